The maximum absolute atomic E-state index is 11.2. The fraction of sp³-hybridized carbons (Fsp3) is 0.750. The van der Waals surface area contributed by atoms with Crippen LogP contribution in [0.4, 0.5) is 0 Å². The zero-order valence-electron chi connectivity index (χ0n) is 6.33. The van der Waals surface area contributed by atoms with Crippen LogP contribution in [-0.2, 0) is 9.59 Å². The van der Waals surface area contributed by atoms with Crippen molar-refractivity contribution in [1.82, 2.24) is 0 Å². The molecular weight excluding hydrogens is 144 g/mol. The van der Waals surface area contributed by atoms with Crippen molar-refractivity contribution in [2.45, 2.75) is 19.8 Å². The van der Waals surface area contributed by atoms with Crippen LogP contribution in [0.2, 0.25) is 0 Å². The lowest BCUT2D eigenvalue weighted by Crippen LogP contribution is -2.16. The summed E-state index contributed by atoms with van der Waals surface area (Å²) in [5.41, 5.74) is -0.480. The lowest BCUT2D eigenvalue weighted by Gasteiger charge is -2.02. The van der Waals surface area contributed by atoms with Crippen molar-refractivity contribution in [2.24, 2.45) is 17.3 Å². The van der Waals surface area contributed by atoms with Gasteiger partial charge < -0.3 is 5.11 Å². The predicted molar refractivity (Wildman–Crippen MR) is 37.0 cm³/mol. The first kappa shape index (κ1) is 6.83. The Bertz CT molecular complexity index is 246. The third kappa shape index (κ3) is 0.588. The van der Waals surface area contributed by atoms with E-state index < -0.39 is 11.4 Å². The van der Waals surface area contributed by atoms with Gasteiger partial charge in [0, 0.05) is 11.8 Å². The molecule has 3 atom stereocenters. The molecule has 0 spiro atoms. The molecule has 0 unspecified atom stereocenters. The van der Waals surface area contributed by atoms with Crippen molar-refractivity contribution in [3.8, 4) is 0 Å². The number of rotatable bonds is 1. The van der Waals surface area contributed by atoms with Crippen LogP contribution in [0, 0.1) is 17.3 Å². The number of carboxylic acids is 1. The van der Waals surface area contributed by atoms with Crippen LogP contribution in [0.1, 0.15) is 19.8 Å². The third-order valence-electron chi connectivity index (χ3n) is 3.26. The van der Waals surface area contributed by atoms with Crippen LogP contribution < -0.4 is 0 Å². The van der Waals surface area contributed by atoms with E-state index in [9.17, 15) is 9.59 Å². The Labute approximate surface area is 64.4 Å². The first-order chi connectivity index (χ1) is 5.08. The summed E-state index contributed by atoms with van der Waals surface area (Å²) in [6.45, 7) is 1.78. The smallest absolute Gasteiger partial charge is 0.307 e. The van der Waals surface area contributed by atoms with E-state index in [4.69, 9.17) is 5.11 Å². The SMILES string of the molecule is C[C@@]12C(=O)CC[C@H]1[C@H]2C(=O)O. The molecule has 11 heavy (non-hydrogen) atoms. The molecule has 0 aromatic heterocycles. The monoisotopic (exact) mass is 154 g/mol. The molecule has 0 amide bonds. The molecule has 0 heterocycles. The molecule has 3 nitrogen and oxygen atoms in total. The molecule has 1 N–H and O–H groups in total. The highest BCUT2D eigenvalue weighted by Crippen LogP contribution is 2.66. The summed E-state index contributed by atoms with van der Waals surface area (Å²) < 4.78 is 0. The molecule has 0 saturated heterocycles. The van der Waals surface area contributed by atoms with E-state index in [1.807, 2.05) is 0 Å². The van der Waals surface area contributed by atoms with Gasteiger partial charge in [-0.2, -0.15) is 0 Å². The van der Waals surface area contributed by atoms with Crippen molar-refractivity contribution < 1.29 is 14.7 Å². The van der Waals surface area contributed by atoms with E-state index in [1.165, 1.54) is 0 Å². The zero-order chi connectivity index (χ0) is 8.22. The van der Waals surface area contributed by atoms with Crippen molar-refractivity contribution >= 4 is 11.8 Å². The number of carboxylic acid groups (broad SMARTS) is 1. The second-order valence-electron chi connectivity index (χ2n) is 3.67. The molecule has 0 aromatic carbocycles. The summed E-state index contributed by atoms with van der Waals surface area (Å²) in [4.78, 5) is 21.8. The number of hydrogen-bond acceptors (Lipinski definition) is 2. The van der Waals surface area contributed by atoms with Crippen LogP contribution in [-0.4, -0.2) is 16.9 Å². The van der Waals surface area contributed by atoms with Gasteiger partial charge in [-0.1, -0.05) is 6.92 Å². The van der Waals surface area contributed by atoms with Gasteiger partial charge in [-0.3, -0.25) is 9.59 Å². The Morgan fingerprint density at radius 3 is 2.64 bits per heavy atom. The first-order valence-electron chi connectivity index (χ1n) is 3.84. The average molecular weight is 154 g/mol. The molecule has 0 aromatic rings. The Balaban J connectivity index is 2.26. The lowest BCUT2D eigenvalue weighted by molar-refractivity contribution is -0.141. The average Bonchev–Trinajstić information content (AvgIpc) is 2.43. The van der Waals surface area contributed by atoms with Crippen LogP contribution >= 0.6 is 0 Å². The summed E-state index contributed by atoms with van der Waals surface area (Å²) in [5.74, 6) is -0.878. The number of aliphatic carboxylic acids is 1. The van der Waals surface area contributed by atoms with Gasteiger partial charge in [0.1, 0.15) is 5.78 Å². The second kappa shape index (κ2) is 1.65. The summed E-state index contributed by atoms with van der Waals surface area (Å²) in [7, 11) is 0. The molecule has 0 radical (unpaired) electrons. The van der Waals surface area contributed by atoms with E-state index >= 15 is 0 Å². The molecule has 2 rings (SSSR count). The molecule has 2 aliphatic rings. The summed E-state index contributed by atoms with van der Waals surface area (Å²) >= 11 is 0. The van der Waals surface area contributed by atoms with Gasteiger partial charge >= 0.3 is 5.97 Å². The minimum Gasteiger partial charge on any atom is -0.481 e. The lowest BCUT2D eigenvalue weighted by atomic mass is 10.0. The van der Waals surface area contributed by atoms with Crippen molar-refractivity contribution in [3.63, 3.8) is 0 Å². The quantitative estimate of drug-likeness (QED) is 0.604. The van der Waals surface area contributed by atoms with E-state index in [2.05, 4.69) is 0 Å². The summed E-state index contributed by atoms with van der Waals surface area (Å²) in [5, 5.41) is 8.69. The standard InChI is InChI=1S/C8H10O3/c1-8-4(2-3-5(8)9)6(8)7(10)11/h4,6H,2-3H2,1H3,(H,10,11)/t4-,6-,8-/m0/s1. The van der Waals surface area contributed by atoms with E-state index in [0.29, 0.717) is 6.42 Å². The maximum Gasteiger partial charge on any atom is 0.307 e. The topological polar surface area (TPSA) is 54.4 Å². The van der Waals surface area contributed by atoms with Crippen molar-refractivity contribution in [1.29, 1.82) is 0 Å². The Kier molecular flexibility index (Phi) is 1.03. The number of carbonyl (C=O) groups is 2. The van der Waals surface area contributed by atoms with E-state index in [1.54, 1.807) is 6.92 Å². The van der Waals surface area contributed by atoms with Crippen LogP contribution in [0.15, 0.2) is 0 Å². The number of Topliss-reactive ketones (excluding diaryl/α,β-unsaturated/α-hetero) is 1. The van der Waals surface area contributed by atoms with Gasteiger partial charge in [-0.15, -0.1) is 0 Å². The Morgan fingerprint density at radius 1 is 1.73 bits per heavy atom. The van der Waals surface area contributed by atoms with Gasteiger partial charge in [0.05, 0.1) is 5.92 Å². The summed E-state index contributed by atoms with van der Waals surface area (Å²) in [6.07, 6.45) is 1.37. The fourth-order valence-electron chi connectivity index (χ4n) is 2.43. The molecule has 2 saturated carbocycles. The highest BCUT2D eigenvalue weighted by molar-refractivity contribution is 5.97. The second-order valence-corrected chi connectivity index (χ2v) is 3.67. The highest BCUT2D eigenvalue weighted by Gasteiger charge is 2.71. The molecule has 2 aliphatic carbocycles. The van der Waals surface area contributed by atoms with Gasteiger partial charge in [-0.05, 0) is 12.3 Å². The highest BCUT2D eigenvalue weighted by atomic mass is 16.4. The number of ketones is 1. The molecule has 60 valence electrons. The van der Waals surface area contributed by atoms with Gasteiger partial charge in [-0.25, -0.2) is 0 Å². The zero-order valence-corrected chi connectivity index (χ0v) is 6.33. The van der Waals surface area contributed by atoms with Crippen molar-refractivity contribution in [2.75, 3.05) is 0 Å². The maximum atomic E-state index is 11.2. The van der Waals surface area contributed by atoms with Gasteiger partial charge in [0.15, 0.2) is 0 Å². The number of carbonyl (C=O) groups excluding carboxylic acids is 1. The molecule has 2 fully saturated rings. The minimum atomic E-state index is -0.800. The Morgan fingerprint density at radius 2 is 2.36 bits per heavy atom. The largest absolute Gasteiger partial charge is 0.481 e. The third-order valence-corrected chi connectivity index (χ3v) is 3.26. The van der Waals surface area contributed by atoms with Crippen molar-refractivity contribution in [3.05, 3.63) is 0 Å². The van der Waals surface area contributed by atoms with Crippen LogP contribution in [0.3, 0.4) is 0 Å². The van der Waals surface area contributed by atoms with Crippen LogP contribution in [0.25, 0.3) is 0 Å². The normalized spacial score (nSPS) is 47.2. The van der Waals surface area contributed by atoms with Gasteiger partial charge in [0.25, 0.3) is 0 Å². The minimum absolute atomic E-state index is 0.146. The van der Waals surface area contributed by atoms with E-state index in [0.717, 1.165) is 6.42 Å². The Hall–Kier alpha value is -0.860. The summed E-state index contributed by atoms with van der Waals surface area (Å²) in [6, 6.07) is 0. The predicted octanol–water partition coefficient (Wildman–Crippen LogP) is 0.686. The number of hydrogen-bond donors (Lipinski definition) is 1. The van der Waals surface area contributed by atoms with Crippen LogP contribution in [0.5, 0.6) is 0 Å². The molecule has 3 heteroatoms. The fourth-order valence-corrected chi connectivity index (χ4v) is 2.43. The molecule has 0 aliphatic heterocycles. The number of fused-ring (bicyclic) bond motifs is 1. The molecular formula is C8H10O3. The van der Waals surface area contributed by atoms with Gasteiger partial charge in [0.2, 0.25) is 0 Å². The first-order valence-corrected chi connectivity index (χ1v) is 3.84. The molecule has 0 bridgehead atoms. The van der Waals surface area contributed by atoms with E-state index in [-0.39, 0.29) is 17.6 Å².